The molecule has 0 fully saturated rings. The molecule has 0 aromatic heterocycles. The molecule has 12 heteroatoms. The number of hydrogen-bond donors (Lipinski definition) is 3. The van der Waals surface area contributed by atoms with E-state index in [-0.39, 0.29) is 43.2 Å². The Morgan fingerprint density at radius 2 is 1.82 bits per heavy atom. The second kappa shape index (κ2) is 8.09. The van der Waals surface area contributed by atoms with Gasteiger partial charge in [-0.1, -0.05) is 17.6 Å². The van der Waals surface area contributed by atoms with Crippen molar-refractivity contribution >= 4 is 41.0 Å². The van der Waals surface area contributed by atoms with Crippen LogP contribution in [0.3, 0.4) is 0 Å². The summed E-state index contributed by atoms with van der Waals surface area (Å²) in [5.74, 6) is -1.50. The number of aliphatic carboxylic acids is 1. The normalized spacial score (nSPS) is 26.4. The number of nitrogens with zero attached hydrogens (tertiary/aromatic N) is 4. The summed E-state index contributed by atoms with van der Waals surface area (Å²) in [5, 5.41) is 31.1. The third-order valence-corrected chi connectivity index (χ3v) is 6.29. The summed E-state index contributed by atoms with van der Waals surface area (Å²) in [4.78, 5) is 52.2. The van der Waals surface area contributed by atoms with Gasteiger partial charge in [-0.05, 0) is 31.2 Å². The minimum absolute atomic E-state index is 0. The smallest absolute Gasteiger partial charge is 0.546 e. The minimum Gasteiger partial charge on any atom is -1.00 e. The Bertz CT molecular complexity index is 1110. The van der Waals surface area contributed by atoms with Crippen molar-refractivity contribution in [1.82, 2.24) is 9.49 Å². The van der Waals surface area contributed by atoms with E-state index in [4.69, 9.17) is 0 Å². The van der Waals surface area contributed by atoms with Crippen LogP contribution in [-0.2, 0) is 9.59 Å². The number of Topliss-reactive ketones (excluding diaryl/α,β-unsaturated/α-hetero) is 1. The van der Waals surface area contributed by atoms with Crippen LogP contribution in [0.25, 0.3) is 0 Å². The number of hydrogen-bond acceptors (Lipinski definition) is 6. The molecule has 0 radical (unpaired) electrons. The maximum absolute atomic E-state index is 13.3. The van der Waals surface area contributed by atoms with Crippen LogP contribution >= 0.6 is 0 Å². The number of rotatable bonds is 6. The van der Waals surface area contributed by atoms with Crippen molar-refractivity contribution in [2.24, 2.45) is 0 Å². The van der Waals surface area contributed by atoms with E-state index in [1.54, 1.807) is 43.5 Å². The van der Waals surface area contributed by atoms with E-state index < -0.39 is 40.4 Å². The Labute approximate surface area is 195 Å². The Morgan fingerprint density at radius 3 is 2.36 bits per heavy atom. The number of quaternary nitrogens is 1. The first-order valence-electron chi connectivity index (χ1n) is 10.1. The van der Waals surface area contributed by atoms with Crippen LogP contribution in [0.1, 0.15) is 26.7 Å². The molecule has 3 N–H and O–H groups in total. The van der Waals surface area contributed by atoms with E-state index >= 15 is 0 Å². The van der Waals surface area contributed by atoms with Crippen molar-refractivity contribution in [3.05, 3.63) is 42.6 Å². The minimum atomic E-state index is -1.68. The van der Waals surface area contributed by atoms with Gasteiger partial charge in [-0.3, -0.25) is 9.59 Å². The van der Waals surface area contributed by atoms with Crippen LogP contribution in [0.15, 0.2) is 42.6 Å². The number of ketones is 1. The third-order valence-electron chi connectivity index (χ3n) is 6.29. The van der Waals surface area contributed by atoms with Crippen LogP contribution in [-0.4, -0.2) is 62.5 Å². The molecule has 3 unspecified atom stereocenters. The fourth-order valence-electron chi connectivity index (χ4n) is 5.14. The van der Waals surface area contributed by atoms with E-state index in [0.717, 1.165) is 4.90 Å². The average molecular weight is 479 g/mol. The zero-order valence-corrected chi connectivity index (χ0v) is 18.6. The molecule has 33 heavy (non-hydrogen) atoms. The van der Waals surface area contributed by atoms with Gasteiger partial charge in [-0.2, -0.15) is 9.80 Å². The van der Waals surface area contributed by atoms with Gasteiger partial charge < -0.3 is 32.6 Å². The molecule has 0 saturated carbocycles. The first kappa shape index (κ1) is 24.1. The van der Waals surface area contributed by atoms with Crippen LogP contribution in [0.5, 0.6) is 0 Å². The second-order valence-electron chi connectivity index (χ2n) is 7.81. The molecule has 0 saturated heterocycles. The molecule has 2 amide bonds. The van der Waals surface area contributed by atoms with Gasteiger partial charge in [0.2, 0.25) is 11.8 Å². The Balaban J connectivity index is 0.00000306. The van der Waals surface area contributed by atoms with E-state index in [0.29, 0.717) is 5.69 Å². The highest BCUT2D eigenvalue weighted by molar-refractivity contribution is 6.07. The Kier molecular flexibility index (Phi) is 5.90. The van der Waals surface area contributed by atoms with Gasteiger partial charge in [0.25, 0.3) is 0 Å². The number of carbonyl (C=O) groups excluding carboxylic acids is 1. The van der Waals surface area contributed by atoms with Crippen LogP contribution < -0.4 is 26.9 Å². The lowest BCUT2D eigenvalue weighted by atomic mass is 9.98. The molecule has 3 aliphatic heterocycles. The fourth-order valence-corrected chi connectivity index (χ4v) is 5.14. The van der Waals surface area contributed by atoms with Crippen molar-refractivity contribution in [1.29, 1.82) is 0 Å². The largest absolute Gasteiger partial charge is 1.00 e. The standard InChI is InChI=1S/C21H22N4O7.ClH/c1-3-17-23(19(29)30)15-7-6-14-12-16(15)25(17,20(31)32)24(14)21(13(2)26)9-4-5-10-22(21)11-8-18(27)28;/h4-7,9-10,12,17H,3,8,11H2,1-2H3,(H2-,27,28,29,30,31,32);1H. The highest BCUT2D eigenvalue weighted by Gasteiger charge is 2.71. The van der Waals surface area contributed by atoms with Gasteiger partial charge in [0, 0.05) is 25.2 Å². The zero-order chi connectivity index (χ0) is 23.4. The molecule has 1 aromatic rings. The maximum Gasteiger partial charge on any atom is 0.546 e. The number of benzene rings is 1. The zero-order valence-electron chi connectivity index (χ0n) is 17.9. The second-order valence-corrected chi connectivity index (χ2v) is 7.81. The predicted molar refractivity (Wildman–Crippen MR) is 114 cm³/mol. The first-order valence-corrected chi connectivity index (χ1v) is 10.1. The number of carboxylic acid groups (broad SMARTS) is 3. The lowest BCUT2D eigenvalue weighted by molar-refractivity contribution is -0.138. The third kappa shape index (κ3) is 2.92. The summed E-state index contributed by atoms with van der Waals surface area (Å²) in [5.41, 5.74) is -0.780. The van der Waals surface area contributed by atoms with Gasteiger partial charge in [0.15, 0.2) is 11.5 Å². The monoisotopic (exact) mass is 478 g/mol. The predicted octanol–water partition coefficient (Wildman–Crippen LogP) is -0.209. The number of allylic oxidation sites excluding steroid dienone is 2. The molecular weight excluding hydrogens is 456 g/mol. The van der Waals surface area contributed by atoms with E-state index in [1.165, 1.54) is 22.9 Å². The number of fused-ring (bicyclic) bond motifs is 1. The number of amides is 2. The molecule has 0 spiro atoms. The summed E-state index contributed by atoms with van der Waals surface area (Å²) in [6.45, 7) is 2.93. The van der Waals surface area contributed by atoms with Gasteiger partial charge in [0.1, 0.15) is 5.69 Å². The van der Waals surface area contributed by atoms with Crippen molar-refractivity contribution < 1.29 is 46.9 Å². The summed E-state index contributed by atoms with van der Waals surface area (Å²) >= 11 is 0. The van der Waals surface area contributed by atoms with E-state index in [2.05, 4.69) is 0 Å². The lowest BCUT2D eigenvalue weighted by Gasteiger charge is -2.52. The molecule has 3 heterocycles. The van der Waals surface area contributed by atoms with E-state index in [9.17, 15) is 34.5 Å². The van der Waals surface area contributed by atoms with Gasteiger partial charge in [0.05, 0.1) is 12.1 Å². The molecule has 0 aliphatic carbocycles. The summed E-state index contributed by atoms with van der Waals surface area (Å²) < 4.78 is -0.929. The molecule has 2 bridgehead atoms. The molecule has 1 aromatic carbocycles. The van der Waals surface area contributed by atoms with Crippen molar-refractivity contribution in [3.63, 3.8) is 0 Å². The molecule has 3 aliphatic rings. The molecule has 3 atom stereocenters. The summed E-state index contributed by atoms with van der Waals surface area (Å²) in [7, 11) is 0. The Morgan fingerprint density at radius 1 is 1.12 bits per heavy atom. The average Bonchev–Trinajstić information content (AvgIpc) is 3.17. The molecule has 11 nitrogen and oxygen atoms in total. The van der Waals surface area contributed by atoms with Crippen molar-refractivity contribution in [2.75, 3.05) is 16.5 Å². The van der Waals surface area contributed by atoms with Gasteiger partial charge in [-0.15, -0.1) is 0 Å². The highest BCUT2D eigenvalue weighted by atomic mass is 35.5. The van der Waals surface area contributed by atoms with Crippen LogP contribution in [0.2, 0.25) is 0 Å². The van der Waals surface area contributed by atoms with E-state index in [1.807, 2.05) is 0 Å². The first-order chi connectivity index (χ1) is 15.1. The van der Waals surface area contributed by atoms with Crippen molar-refractivity contribution in [3.8, 4) is 0 Å². The number of carbonyl (C=O) groups is 4. The van der Waals surface area contributed by atoms with Crippen LogP contribution in [0, 0.1) is 0 Å². The maximum atomic E-state index is 13.3. The number of anilines is 2. The fraction of sp³-hybridized carbons (Fsp3) is 0.333. The lowest BCUT2D eigenvalue weighted by Crippen LogP contribution is -3.00. The highest BCUT2D eigenvalue weighted by Crippen LogP contribution is 2.57. The van der Waals surface area contributed by atoms with Crippen molar-refractivity contribution in [2.45, 2.75) is 38.5 Å². The topological polar surface area (TPSA) is 139 Å². The van der Waals surface area contributed by atoms with Gasteiger partial charge in [-0.25, -0.2) is 9.69 Å². The van der Waals surface area contributed by atoms with Crippen LogP contribution in [0.4, 0.5) is 26.7 Å². The molecular formula is C21H23ClN4O7. The number of carboxylic acids is 1. The van der Waals surface area contributed by atoms with Gasteiger partial charge >= 0.3 is 18.2 Å². The quantitative estimate of drug-likeness (QED) is 0.474. The molecule has 4 rings (SSSR count). The molecule has 176 valence electrons. The number of halogens is 1. The SMILES string of the molecule is CCC1N(C(=O)O)c2ccc3cc2[N+]1(C(=O)O)N3C1(C(C)=O)C=CC=CN1CCC(=O)O.[Cl-]. The summed E-state index contributed by atoms with van der Waals surface area (Å²) in [6.07, 6.45) is 2.49. The summed E-state index contributed by atoms with van der Waals surface area (Å²) in [6, 6.07) is 4.71. The Hall–Kier alpha value is -3.57.